The fraction of sp³-hybridized carbons (Fsp3) is 0.417. The highest BCUT2D eigenvalue weighted by molar-refractivity contribution is 7.92. The van der Waals surface area contributed by atoms with Gasteiger partial charge >= 0.3 is 5.97 Å². The molecule has 6 heteroatoms. The lowest BCUT2D eigenvalue weighted by Gasteiger charge is -2.38. The molecular formula is C12H15NO4S. The SMILES string of the molecule is C[C@@H]1[C@H](C(=O)O)Cc2ccccc2N1S(C)(=O)=O. The van der Waals surface area contributed by atoms with E-state index in [9.17, 15) is 18.3 Å². The Morgan fingerprint density at radius 2 is 2.00 bits per heavy atom. The number of fused-ring (bicyclic) bond motifs is 1. The van der Waals surface area contributed by atoms with Gasteiger partial charge < -0.3 is 5.11 Å². The van der Waals surface area contributed by atoms with E-state index in [1.807, 2.05) is 0 Å². The van der Waals surface area contributed by atoms with Crippen LogP contribution in [-0.4, -0.2) is 31.8 Å². The number of hydrogen-bond acceptors (Lipinski definition) is 3. The van der Waals surface area contributed by atoms with Crippen molar-refractivity contribution in [1.82, 2.24) is 0 Å². The molecule has 0 saturated heterocycles. The lowest BCUT2D eigenvalue weighted by molar-refractivity contribution is -0.142. The summed E-state index contributed by atoms with van der Waals surface area (Å²) in [6, 6.07) is 6.45. The molecule has 1 aliphatic heterocycles. The molecule has 98 valence electrons. The first-order valence-electron chi connectivity index (χ1n) is 5.62. The zero-order valence-electron chi connectivity index (χ0n) is 10.2. The highest BCUT2D eigenvalue weighted by Gasteiger charge is 2.39. The van der Waals surface area contributed by atoms with E-state index >= 15 is 0 Å². The third kappa shape index (κ3) is 2.08. The van der Waals surface area contributed by atoms with Crippen molar-refractivity contribution in [3.63, 3.8) is 0 Å². The number of carbonyl (C=O) groups is 1. The minimum Gasteiger partial charge on any atom is -0.481 e. The second-order valence-corrected chi connectivity index (χ2v) is 6.44. The number of para-hydroxylation sites is 1. The van der Waals surface area contributed by atoms with Crippen LogP contribution in [0.1, 0.15) is 12.5 Å². The van der Waals surface area contributed by atoms with E-state index in [2.05, 4.69) is 0 Å². The van der Waals surface area contributed by atoms with E-state index in [1.54, 1.807) is 31.2 Å². The monoisotopic (exact) mass is 269 g/mol. The highest BCUT2D eigenvalue weighted by atomic mass is 32.2. The number of carboxylic acid groups (broad SMARTS) is 1. The van der Waals surface area contributed by atoms with E-state index in [-0.39, 0.29) is 0 Å². The van der Waals surface area contributed by atoms with Gasteiger partial charge in [-0.3, -0.25) is 9.10 Å². The summed E-state index contributed by atoms with van der Waals surface area (Å²) in [6.07, 6.45) is 1.46. The van der Waals surface area contributed by atoms with Crippen LogP contribution in [0, 0.1) is 5.92 Å². The molecule has 2 atom stereocenters. The maximum Gasteiger partial charge on any atom is 0.308 e. The molecule has 1 N–H and O–H groups in total. The second kappa shape index (κ2) is 4.28. The highest BCUT2D eigenvalue weighted by Crippen LogP contribution is 2.35. The lowest BCUT2D eigenvalue weighted by atomic mass is 9.88. The number of sulfonamides is 1. The van der Waals surface area contributed by atoms with Gasteiger partial charge in [-0.15, -0.1) is 0 Å². The number of hydrogen-bond donors (Lipinski definition) is 1. The maximum absolute atomic E-state index is 11.9. The van der Waals surface area contributed by atoms with E-state index < -0.39 is 28.0 Å². The maximum atomic E-state index is 11.9. The van der Waals surface area contributed by atoms with Gasteiger partial charge in [0.1, 0.15) is 0 Å². The molecule has 0 aromatic heterocycles. The largest absolute Gasteiger partial charge is 0.481 e. The van der Waals surface area contributed by atoms with Crippen LogP contribution in [0.15, 0.2) is 24.3 Å². The number of carboxylic acids is 1. The van der Waals surface area contributed by atoms with E-state index in [0.29, 0.717) is 12.1 Å². The molecule has 0 fully saturated rings. The van der Waals surface area contributed by atoms with E-state index in [0.717, 1.165) is 11.8 Å². The van der Waals surface area contributed by atoms with Crippen LogP contribution in [0.4, 0.5) is 5.69 Å². The Labute approximate surface area is 106 Å². The Morgan fingerprint density at radius 3 is 2.56 bits per heavy atom. The van der Waals surface area contributed by atoms with Gasteiger partial charge in [0.05, 0.1) is 23.9 Å². The van der Waals surface area contributed by atoms with Gasteiger partial charge in [0.25, 0.3) is 0 Å². The molecule has 5 nitrogen and oxygen atoms in total. The molecule has 1 heterocycles. The van der Waals surface area contributed by atoms with Crippen molar-refractivity contribution < 1.29 is 18.3 Å². The first-order valence-corrected chi connectivity index (χ1v) is 7.47. The Morgan fingerprint density at radius 1 is 1.39 bits per heavy atom. The summed E-state index contributed by atoms with van der Waals surface area (Å²) in [7, 11) is -3.48. The summed E-state index contributed by atoms with van der Waals surface area (Å²) >= 11 is 0. The summed E-state index contributed by atoms with van der Waals surface area (Å²) in [5, 5.41) is 9.20. The molecular weight excluding hydrogens is 254 g/mol. The molecule has 1 aromatic rings. The predicted octanol–water partition coefficient (Wildman–Crippen LogP) is 1.10. The zero-order valence-corrected chi connectivity index (χ0v) is 11.0. The second-order valence-electron chi connectivity index (χ2n) is 4.58. The van der Waals surface area contributed by atoms with Crippen LogP contribution >= 0.6 is 0 Å². The summed E-state index contributed by atoms with van der Waals surface area (Å²) in [5.74, 6) is -1.68. The molecule has 0 amide bonds. The molecule has 0 unspecified atom stereocenters. The molecule has 0 bridgehead atoms. The van der Waals surface area contributed by atoms with Gasteiger partial charge in [-0.2, -0.15) is 0 Å². The Bertz CT molecular complexity index is 581. The smallest absolute Gasteiger partial charge is 0.308 e. The molecule has 18 heavy (non-hydrogen) atoms. The molecule has 0 spiro atoms. The Hall–Kier alpha value is -1.56. The average molecular weight is 269 g/mol. The number of rotatable bonds is 2. The van der Waals surface area contributed by atoms with Gasteiger partial charge in [-0.05, 0) is 25.0 Å². The van der Waals surface area contributed by atoms with Crippen LogP contribution in [0.5, 0.6) is 0 Å². The van der Waals surface area contributed by atoms with Gasteiger partial charge in [-0.1, -0.05) is 18.2 Å². The normalized spacial score (nSPS) is 23.6. The van der Waals surface area contributed by atoms with Crippen molar-refractivity contribution in [2.24, 2.45) is 5.92 Å². The predicted molar refractivity (Wildman–Crippen MR) is 68.1 cm³/mol. The summed E-state index contributed by atoms with van der Waals surface area (Å²) < 4.78 is 24.9. The Kier molecular flexibility index (Phi) is 3.06. The summed E-state index contributed by atoms with van der Waals surface area (Å²) in [5.41, 5.74) is 1.35. The third-order valence-electron chi connectivity index (χ3n) is 3.30. The molecule has 1 aromatic carbocycles. The topological polar surface area (TPSA) is 74.7 Å². The first kappa shape index (κ1) is 12.9. The summed E-state index contributed by atoms with van der Waals surface area (Å²) in [4.78, 5) is 11.2. The standard InChI is InChI=1S/C12H15NO4S/c1-8-10(12(14)15)7-9-5-3-4-6-11(9)13(8)18(2,16)17/h3-6,8,10H,7H2,1-2H3,(H,14,15)/t8-,10-/m1/s1. The minimum atomic E-state index is -3.48. The molecule has 2 rings (SSSR count). The number of benzene rings is 1. The van der Waals surface area contributed by atoms with Crippen LogP contribution in [0.2, 0.25) is 0 Å². The van der Waals surface area contributed by atoms with Crippen molar-refractivity contribution in [2.45, 2.75) is 19.4 Å². The van der Waals surface area contributed by atoms with Crippen LogP contribution < -0.4 is 4.31 Å². The van der Waals surface area contributed by atoms with Gasteiger partial charge in [0.15, 0.2) is 0 Å². The van der Waals surface area contributed by atoms with Gasteiger partial charge in [0, 0.05) is 0 Å². The van der Waals surface area contributed by atoms with Crippen LogP contribution in [0.3, 0.4) is 0 Å². The fourth-order valence-corrected chi connectivity index (χ4v) is 3.75. The van der Waals surface area contributed by atoms with Crippen LogP contribution in [0.25, 0.3) is 0 Å². The molecule has 1 aliphatic rings. The lowest BCUT2D eigenvalue weighted by Crippen LogP contribution is -2.49. The van der Waals surface area contributed by atoms with Crippen molar-refractivity contribution in [2.75, 3.05) is 10.6 Å². The number of aliphatic carboxylic acids is 1. The molecule has 0 saturated carbocycles. The van der Waals surface area contributed by atoms with Crippen molar-refractivity contribution in [3.05, 3.63) is 29.8 Å². The zero-order chi connectivity index (χ0) is 13.5. The van der Waals surface area contributed by atoms with E-state index in [4.69, 9.17) is 0 Å². The minimum absolute atomic E-state index is 0.360. The summed E-state index contributed by atoms with van der Waals surface area (Å²) in [6.45, 7) is 1.63. The van der Waals surface area contributed by atoms with Gasteiger partial charge in [0.2, 0.25) is 10.0 Å². The molecule has 0 aliphatic carbocycles. The number of anilines is 1. The average Bonchev–Trinajstić information content (AvgIpc) is 2.25. The van der Waals surface area contributed by atoms with Crippen LogP contribution in [-0.2, 0) is 21.2 Å². The van der Waals surface area contributed by atoms with Crippen molar-refractivity contribution in [3.8, 4) is 0 Å². The number of nitrogens with zero attached hydrogens (tertiary/aromatic N) is 1. The van der Waals surface area contributed by atoms with Crippen molar-refractivity contribution in [1.29, 1.82) is 0 Å². The quantitative estimate of drug-likeness (QED) is 0.872. The first-order chi connectivity index (χ1) is 8.32. The fourth-order valence-electron chi connectivity index (χ4n) is 2.46. The Balaban J connectivity index is 2.60. The van der Waals surface area contributed by atoms with Gasteiger partial charge in [-0.25, -0.2) is 8.42 Å². The third-order valence-corrected chi connectivity index (χ3v) is 4.54. The van der Waals surface area contributed by atoms with Crippen molar-refractivity contribution >= 4 is 21.7 Å². The van der Waals surface area contributed by atoms with E-state index in [1.165, 1.54) is 4.31 Å². The molecule has 0 radical (unpaired) electrons.